The van der Waals surface area contributed by atoms with Crippen molar-refractivity contribution < 1.29 is 9.47 Å². The Morgan fingerprint density at radius 3 is 2.57 bits per heavy atom. The van der Waals surface area contributed by atoms with Gasteiger partial charge in [-0.05, 0) is 44.4 Å². The molecule has 1 fully saturated rings. The summed E-state index contributed by atoms with van der Waals surface area (Å²) < 4.78 is 10.7. The molecule has 0 heterocycles. The molecule has 2 rings (SSSR count). The van der Waals surface area contributed by atoms with Crippen molar-refractivity contribution in [1.82, 2.24) is 10.6 Å². The number of nitrogens with zero attached hydrogens (tertiary/aromatic N) is 1. The number of ether oxygens (including phenoxy) is 2. The monoisotopic (exact) mass is 291 g/mol. The van der Waals surface area contributed by atoms with Crippen molar-refractivity contribution in [3.05, 3.63) is 23.8 Å². The van der Waals surface area contributed by atoms with Gasteiger partial charge >= 0.3 is 0 Å². The molecule has 1 aliphatic rings. The molecule has 0 radical (unpaired) electrons. The minimum Gasteiger partial charge on any atom is -0.497 e. The minimum absolute atomic E-state index is 0.0707. The van der Waals surface area contributed by atoms with E-state index < -0.39 is 0 Å². The number of hydrogen-bond acceptors (Lipinski definition) is 3. The molecule has 5 heteroatoms. The third-order valence-corrected chi connectivity index (χ3v) is 3.93. The van der Waals surface area contributed by atoms with Crippen LogP contribution in [-0.4, -0.2) is 33.3 Å². The summed E-state index contributed by atoms with van der Waals surface area (Å²) in [5.41, 5.74) is 1.05. The maximum absolute atomic E-state index is 5.44. The molecular weight excluding hydrogens is 266 g/mol. The summed E-state index contributed by atoms with van der Waals surface area (Å²) in [6, 6.07) is 6.44. The lowest BCUT2D eigenvalue weighted by molar-refractivity contribution is 0.376. The average Bonchev–Trinajstić information content (AvgIpc) is 2.48. The van der Waals surface area contributed by atoms with Crippen molar-refractivity contribution in [3.63, 3.8) is 0 Å². The van der Waals surface area contributed by atoms with Gasteiger partial charge in [0.15, 0.2) is 5.96 Å². The Kier molecular flexibility index (Phi) is 5.31. The predicted octanol–water partition coefficient (Wildman–Crippen LogP) is 2.48. The molecule has 1 aromatic rings. The fraction of sp³-hybridized carbons (Fsp3) is 0.562. The van der Waals surface area contributed by atoms with Crippen LogP contribution in [0.15, 0.2) is 23.2 Å². The van der Waals surface area contributed by atoms with Gasteiger partial charge in [0.2, 0.25) is 0 Å². The summed E-state index contributed by atoms with van der Waals surface area (Å²) in [5.74, 6) is 2.49. The molecule has 2 N–H and O–H groups in total. The SMILES string of the molecule is CN=C(NC1CCC1)NC(C)c1cc(OC)ccc1OC. The zero-order chi connectivity index (χ0) is 15.2. The van der Waals surface area contributed by atoms with Gasteiger partial charge in [0.05, 0.1) is 20.3 Å². The number of aliphatic imine (C=N–C) groups is 1. The Labute approximate surface area is 126 Å². The van der Waals surface area contributed by atoms with Gasteiger partial charge in [-0.1, -0.05) is 0 Å². The molecular formula is C16H25N3O2. The van der Waals surface area contributed by atoms with E-state index in [1.54, 1.807) is 21.3 Å². The molecule has 1 unspecified atom stereocenters. The van der Waals surface area contributed by atoms with E-state index in [0.29, 0.717) is 6.04 Å². The smallest absolute Gasteiger partial charge is 0.191 e. The Morgan fingerprint density at radius 2 is 2.05 bits per heavy atom. The molecule has 0 aliphatic heterocycles. The summed E-state index contributed by atoms with van der Waals surface area (Å²) in [6.45, 7) is 2.09. The fourth-order valence-electron chi connectivity index (χ4n) is 2.38. The molecule has 1 aliphatic carbocycles. The summed E-state index contributed by atoms with van der Waals surface area (Å²) in [6.07, 6.45) is 3.74. The van der Waals surface area contributed by atoms with E-state index in [2.05, 4.69) is 22.5 Å². The first-order valence-electron chi connectivity index (χ1n) is 7.39. The molecule has 0 spiro atoms. The lowest BCUT2D eigenvalue weighted by atomic mass is 9.93. The van der Waals surface area contributed by atoms with Gasteiger partial charge in [0, 0.05) is 18.7 Å². The van der Waals surface area contributed by atoms with Crippen molar-refractivity contribution in [2.24, 2.45) is 4.99 Å². The first kappa shape index (κ1) is 15.5. The Morgan fingerprint density at radius 1 is 1.29 bits per heavy atom. The van der Waals surface area contributed by atoms with Gasteiger partial charge in [-0.3, -0.25) is 4.99 Å². The molecule has 5 nitrogen and oxygen atoms in total. The van der Waals surface area contributed by atoms with Crippen LogP contribution in [0.1, 0.15) is 37.8 Å². The summed E-state index contributed by atoms with van der Waals surface area (Å²) in [7, 11) is 5.14. The van der Waals surface area contributed by atoms with E-state index >= 15 is 0 Å². The maximum Gasteiger partial charge on any atom is 0.191 e. The van der Waals surface area contributed by atoms with Crippen LogP contribution in [0, 0.1) is 0 Å². The number of rotatable bonds is 5. The van der Waals surface area contributed by atoms with Crippen molar-refractivity contribution in [2.75, 3.05) is 21.3 Å². The third-order valence-electron chi connectivity index (χ3n) is 3.93. The largest absolute Gasteiger partial charge is 0.497 e. The van der Waals surface area contributed by atoms with Gasteiger partial charge in [0.25, 0.3) is 0 Å². The molecule has 21 heavy (non-hydrogen) atoms. The fourth-order valence-corrected chi connectivity index (χ4v) is 2.38. The van der Waals surface area contributed by atoms with Crippen LogP contribution in [0.5, 0.6) is 11.5 Å². The van der Waals surface area contributed by atoms with Gasteiger partial charge in [0.1, 0.15) is 11.5 Å². The molecule has 1 saturated carbocycles. The summed E-state index contributed by atoms with van der Waals surface area (Å²) in [4.78, 5) is 4.30. The first-order valence-corrected chi connectivity index (χ1v) is 7.39. The summed E-state index contributed by atoms with van der Waals surface area (Å²) in [5, 5.41) is 6.85. The van der Waals surface area contributed by atoms with Gasteiger partial charge in [-0.2, -0.15) is 0 Å². The molecule has 1 aromatic carbocycles. The Hall–Kier alpha value is -1.91. The van der Waals surface area contributed by atoms with Gasteiger partial charge in [-0.15, -0.1) is 0 Å². The predicted molar refractivity (Wildman–Crippen MR) is 85.2 cm³/mol. The quantitative estimate of drug-likeness (QED) is 0.646. The molecule has 0 amide bonds. The van der Waals surface area contributed by atoms with Crippen LogP contribution in [0.2, 0.25) is 0 Å². The number of hydrogen-bond donors (Lipinski definition) is 2. The highest BCUT2D eigenvalue weighted by molar-refractivity contribution is 5.80. The van der Waals surface area contributed by atoms with Crippen molar-refractivity contribution >= 4 is 5.96 Å². The zero-order valence-electron chi connectivity index (χ0n) is 13.3. The van der Waals surface area contributed by atoms with Crippen LogP contribution in [0.4, 0.5) is 0 Å². The van der Waals surface area contributed by atoms with E-state index in [9.17, 15) is 0 Å². The molecule has 0 bridgehead atoms. The first-order chi connectivity index (χ1) is 10.2. The maximum atomic E-state index is 5.44. The van der Waals surface area contributed by atoms with Crippen molar-refractivity contribution in [3.8, 4) is 11.5 Å². The van der Waals surface area contributed by atoms with Crippen LogP contribution in [0.3, 0.4) is 0 Å². The van der Waals surface area contributed by atoms with Gasteiger partial charge < -0.3 is 20.1 Å². The molecule has 0 aromatic heterocycles. The standard InChI is InChI=1S/C16H25N3O2/c1-11(18-16(17-2)19-12-6-5-7-12)14-10-13(20-3)8-9-15(14)21-4/h8-12H,5-7H2,1-4H3,(H2,17,18,19). The van der Waals surface area contributed by atoms with E-state index in [1.165, 1.54) is 19.3 Å². The van der Waals surface area contributed by atoms with Crippen LogP contribution in [0.25, 0.3) is 0 Å². The number of nitrogens with one attached hydrogen (secondary N) is 2. The molecule has 116 valence electrons. The Balaban J connectivity index is 2.08. The lowest BCUT2D eigenvalue weighted by Gasteiger charge is -2.29. The zero-order valence-corrected chi connectivity index (χ0v) is 13.3. The second kappa shape index (κ2) is 7.20. The van der Waals surface area contributed by atoms with Crippen LogP contribution < -0.4 is 20.1 Å². The number of benzene rings is 1. The lowest BCUT2D eigenvalue weighted by Crippen LogP contribution is -2.46. The second-order valence-corrected chi connectivity index (χ2v) is 5.32. The highest BCUT2D eigenvalue weighted by atomic mass is 16.5. The number of guanidine groups is 1. The Bertz CT molecular complexity index is 498. The van der Waals surface area contributed by atoms with Gasteiger partial charge in [-0.25, -0.2) is 0 Å². The normalized spacial score (nSPS) is 16.9. The van der Waals surface area contributed by atoms with Crippen LogP contribution in [-0.2, 0) is 0 Å². The highest BCUT2D eigenvalue weighted by Gasteiger charge is 2.20. The van der Waals surface area contributed by atoms with Crippen molar-refractivity contribution in [2.45, 2.75) is 38.3 Å². The molecule has 1 atom stereocenters. The van der Waals surface area contributed by atoms with E-state index in [0.717, 1.165) is 23.0 Å². The average molecular weight is 291 g/mol. The third kappa shape index (κ3) is 3.80. The second-order valence-electron chi connectivity index (χ2n) is 5.32. The van der Waals surface area contributed by atoms with E-state index in [-0.39, 0.29) is 6.04 Å². The van der Waals surface area contributed by atoms with E-state index in [4.69, 9.17) is 9.47 Å². The number of methoxy groups -OCH3 is 2. The van der Waals surface area contributed by atoms with Crippen molar-refractivity contribution in [1.29, 1.82) is 0 Å². The van der Waals surface area contributed by atoms with E-state index in [1.807, 2.05) is 18.2 Å². The highest BCUT2D eigenvalue weighted by Crippen LogP contribution is 2.29. The minimum atomic E-state index is 0.0707. The summed E-state index contributed by atoms with van der Waals surface area (Å²) >= 11 is 0. The topological polar surface area (TPSA) is 54.9 Å². The van der Waals surface area contributed by atoms with Crippen LogP contribution >= 0.6 is 0 Å². The molecule has 0 saturated heterocycles.